The van der Waals surface area contributed by atoms with Crippen LogP contribution in [-0.4, -0.2) is 6.36 Å². The van der Waals surface area contributed by atoms with E-state index in [0.29, 0.717) is 0 Å². The summed E-state index contributed by atoms with van der Waals surface area (Å²) in [5, 5.41) is 8.59. The molecule has 2 aliphatic carbocycles. The van der Waals surface area contributed by atoms with Gasteiger partial charge in [-0.05, 0) is 98.8 Å². The number of hydrogen-bond acceptors (Lipinski definition) is 2. The molecule has 0 amide bonds. The van der Waals surface area contributed by atoms with Gasteiger partial charge in [-0.2, -0.15) is 9.65 Å². The fourth-order valence-corrected chi connectivity index (χ4v) is 5.60. The van der Waals surface area contributed by atoms with Gasteiger partial charge in [-0.1, -0.05) is 37.8 Å². The minimum atomic E-state index is -4.64. The summed E-state index contributed by atoms with van der Waals surface area (Å²) in [6.45, 7) is 0. The van der Waals surface area contributed by atoms with E-state index in [1.54, 1.807) is 18.2 Å². The van der Waals surface area contributed by atoms with E-state index >= 15 is 0 Å². The molecule has 0 radical (unpaired) electrons. The summed E-state index contributed by atoms with van der Waals surface area (Å²) < 4.78 is 53.7. The number of unbranched alkanes of at least 4 members (excludes halogenated alkanes) is 1. The van der Waals surface area contributed by atoms with Crippen LogP contribution in [0.1, 0.15) is 76.2 Å². The van der Waals surface area contributed by atoms with E-state index in [4.69, 9.17) is 5.26 Å². The lowest BCUT2D eigenvalue weighted by Crippen LogP contribution is -2.25. The van der Waals surface area contributed by atoms with Gasteiger partial charge in [0.25, 0.3) is 0 Å². The SMILES string of the molecule is N#CC(F)=CC1CCC(C2CCC(CCCCc3ccc(OC(F)(F)F)cc3)CC2)CC1. The highest BCUT2D eigenvalue weighted by atomic mass is 19.4. The number of hydrogen-bond donors (Lipinski definition) is 0. The minimum absolute atomic E-state index is 0.169. The van der Waals surface area contributed by atoms with E-state index in [0.717, 1.165) is 68.3 Å². The second-order valence-electron chi connectivity index (χ2n) is 9.52. The van der Waals surface area contributed by atoms with Crippen molar-refractivity contribution in [3.05, 3.63) is 41.7 Å². The Morgan fingerprint density at radius 2 is 1.53 bits per heavy atom. The standard InChI is InChI=1S/C26H33F4NO/c27-24(18-31)17-21-7-13-23(14-8-21)22-11-5-19(6-12-22)3-1-2-4-20-9-15-25(16-10-20)32-26(28,29)30/h9-10,15-17,19,21-23H,1-8,11-14H2. The van der Waals surface area contributed by atoms with Gasteiger partial charge in [0.05, 0.1) is 0 Å². The van der Waals surface area contributed by atoms with Gasteiger partial charge < -0.3 is 4.74 Å². The van der Waals surface area contributed by atoms with Crippen molar-refractivity contribution >= 4 is 0 Å². The van der Waals surface area contributed by atoms with Crippen LogP contribution < -0.4 is 4.74 Å². The average Bonchev–Trinajstić information content (AvgIpc) is 2.78. The van der Waals surface area contributed by atoms with Crippen LogP contribution in [0.15, 0.2) is 36.2 Å². The number of halogens is 4. The Balaban J connectivity index is 1.29. The van der Waals surface area contributed by atoms with Crippen molar-refractivity contribution in [3.8, 4) is 11.8 Å². The zero-order chi connectivity index (χ0) is 23.0. The van der Waals surface area contributed by atoms with Gasteiger partial charge in [-0.15, -0.1) is 13.2 Å². The number of aryl methyl sites for hydroxylation is 1. The molecule has 0 aromatic heterocycles. The zero-order valence-electron chi connectivity index (χ0n) is 18.5. The van der Waals surface area contributed by atoms with E-state index in [2.05, 4.69) is 4.74 Å². The molecule has 1 aromatic rings. The first kappa shape index (κ1) is 24.6. The molecule has 2 fully saturated rings. The van der Waals surface area contributed by atoms with E-state index in [1.807, 2.05) is 0 Å². The second kappa shape index (κ2) is 11.7. The van der Waals surface area contributed by atoms with Crippen LogP contribution in [0.4, 0.5) is 17.6 Å². The lowest BCUT2D eigenvalue weighted by atomic mass is 9.68. The van der Waals surface area contributed by atoms with Crippen LogP contribution >= 0.6 is 0 Å². The van der Waals surface area contributed by atoms with Crippen molar-refractivity contribution in [1.82, 2.24) is 0 Å². The Morgan fingerprint density at radius 3 is 2.09 bits per heavy atom. The molecule has 176 valence electrons. The first-order valence-corrected chi connectivity index (χ1v) is 11.9. The topological polar surface area (TPSA) is 33.0 Å². The summed E-state index contributed by atoms with van der Waals surface area (Å²) in [5.74, 6) is 1.77. The Kier molecular flexibility index (Phi) is 9.02. The van der Waals surface area contributed by atoms with Crippen LogP contribution in [0, 0.1) is 35.0 Å². The Bertz CT molecular complexity index is 765. The van der Waals surface area contributed by atoms with Crippen molar-refractivity contribution in [1.29, 1.82) is 5.26 Å². The maximum atomic E-state index is 13.2. The smallest absolute Gasteiger partial charge is 0.406 e. The molecule has 0 atom stereocenters. The number of ether oxygens (including phenoxy) is 1. The summed E-state index contributed by atoms with van der Waals surface area (Å²) in [5.41, 5.74) is 1.04. The van der Waals surface area contributed by atoms with E-state index in [1.165, 1.54) is 50.3 Å². The molecule has 0 aliphatic heterocycles. The molecule has 3 rings (SSSR count). The van der Waals surface area contributed by atoms with E-state index in [-0.39, 0.29) is 11.7 Å². The molecule has 0 N–H and O–H groups in total. The fourth-order valence-electron chi connectivity index (χ4n) is 5.60. The predicted octanol–water partition coefficient (Wildman–Crippen LogP) is 8.29. The molecule has 0 bridgehead atoms. The molecule has 0 spiro atoms. The van der Waals surface area contributed by atoms with Gasteiger partial charge in [0.1, 0.15) is 11.8 Å². The molecule has 2 aliphatic rings. The summed E-state index contributed by atoms with van der Waals surface area (Å²) in [6, 6.07) is 7.78. The largest absolute Gasteiger partial charge is 0.573 e. The van der Waals surface area contributed by atoms with Crippen molar-refractivity contribution in [3.63, 3.8) is 0 Å². The molecule has 2 nitrogen and oxygen atoms in total. The Hall–Kier alpha value is -2.03. The summed E-state index contributed by atoms with van der Waals surface area (Å²) in [4.78, 5) is 0. The molecule has 2 saturated carbocycles. The first-order valence-electron chi connectivity index (χ1n) is 11.9. The third kappa shape index (κ3) is 8.15. The maximum absolute atomic E-state index is 13.2. The maximum Gasteiger partial charge on any atom is 0.573 e. The van der Waals surface area contributed by atoms with Crippen LogP contribution in [0.2, 0.25) is 0 Å². The number of nitrogens with zero attached hydrogens (tertiary/aromatic N) is 1. The number of allylic oxidation sites excluding steroid dienone is 2. The fraction of sp³-hybridized carbons (Fsp3) is 0.654. The van der Waals surface area contributed by atoms with Gasteiger partial charge in [-0.25, -0.2) is 0 Å². The Morgan fingerprint density at radius 1 is 0.938 bits per heavy atom. The molecule has 6 heteroatoms. The van der Waals surface area contributed by atoms with Crippen LogP contribution in [0.3, 0.4) is 0 Å². The van der Waals surface area contributed by atoms with Gasteiger partial charge in [-0.3, -0.25) is 0 Å². The summed E-state index contributed by atoms with van der Waals surface area (Å²) in [6.07, 6.45) is 10.7. The molecular formula is C26H33F4NO. The number of alkyl halides is 3. The average molecular weight is 452 g/mol. The number of rotatable bonds is 8. The van der Waals surface area contributed by atoms with Crippen LogP contribution in [0.5, 0.6) is 5.75 Å². The molecule has 0 heterocycles. The number of nitriles is 1. The lowest BCUT2D eigenvalue weighted by molar-refractivity contribution is -0.274. The Labute approximate surface area is 188 Å². The third-order valence-corrected chi connectivity index (χ3v) is 7.35. The van der Waals surface area contributed by atoms with E-state index < -0.39 is 12.2 Å². The monoisotopic (exact) mass is 451 g/mol. The molecule has 0 unspecified atom stereocenters. The first-order chi connectivity index (χ1) is 15.3. The van der Waals surface area contributed by atoms with Crippen molar-refractivity contribution in [2.45, 2.75) is 83.4 Å². The highest BCUT2D eigenvalue weighted by molar-refractivity contribution is 5.27. The van der Waals surface area contributed by atoms with Gasteiger partial charge in [0.15, 0.2) is 5.83 Å². The molecule has 1 aromatic carbocycles. The molecule has 0 saturated heterocycles. The second-order valence-corrected chi connectivity index (χ2v) is 9.52. The van der Waals surface area contributed by atoms with Gasteiger partial charge >= 0.3 is 6.36 Å². The van der Waals surface area contributed by atoms with Crippen LogP contribution in [0.25, 0.3) is 0 Å². The number of benzene rings is 1. The summed E-state index contributed by atoms with van der Waals surface area (Å²) >= 11 is 0. The highest BCUT2D eigenvalue weighted by Gasteiger charge is 2.31. The molecular weight excluding hydrogens is 418 g/mol. The van der Waals surface area contributed by atoms with E-state index in [9.17, 15) is 17.6 Å². The predicted molar refractivity (Wildman–Crippen MR) is 116 cm³/mol. The van der Waals surface area contributed by atoms with Gasteiger partial charge in [0.2, 0.25) is 0 Å². The zero-order valence-corrected chi connectivity index (χ0v) is 18.5. The normalized spacial score (nSPS) is 27.0. The lowest BCUT2D eigenvalue weighted by Gasteiger charge is -2.37. The molecule has 32 heavy (non-hydrogen) atoms. The van der Waals surface area contributed by atoms with Crippen molar-refractivity contribution < 1.29 is 22.3 Å². The highest BCUT2D eigenvalue weighted by Crippen LogP contribution is 2.42. The minimum Gasteiger partial charge on any atom is -0.406 e. The summed E-state index contributed by atoms with van der Waals surface area (Å²) in [7, 11) is 0. The van der Waals surface area contributed by atoms with Crippen molar-refractivity contribution in [2.75, 3.05) is 0 Å². The van der Waals surface area contributed by atoms with Gasteiger partial charge in [0, 0.05) is 0 Å². The van der Waals surface area contributed by atoms with Crippen molar-refractivity contribution in [2.24, 2.45) is 23.7 Å². The quantitative estimate of drug-likeness (QED) is 0.226. The third-order valence-electron chi connectivity index (χ3n) is 7.35. The van der Waals surface area contributed by atoms with Crippen LogP contribution in [-0.2, 0) is 6.42 Å².